The van der Waals surface area contributed by atoms with Crippen molar-refractivity contribution >= 4 is 22.2 Å². The summed E-state index contributed by atoms with van der Waals surface area (Å²) in [6.07, 6.45) is 3.38. The third-order valence-electron chi connectivity index (χ3n) is 2.19. The molecule has 3 aromatic rings. The van der Waals surface area contributed by atoms with Crippen molar-refractivity contribution in [1.29, 1.82) is 0 Å². The topological polar surface area (TPSA) is 31.2 Å². The van der Waals surface area contributed by atoms with Crippen molar-refractivity contribution in [2.24, 2.45) is 7.05 Å². The molecule has 60 valence electrons. The number of fused-ring (bicyclic) bond motifs is 3. The Kier molecular flexibility index (Phi) is 0.864. The number of aromatic nitrogens is 1. The van der Waals surface area contributed by atoms with E-state index in [9.17, 15) is 0 Å². The van der Waals surface area contributed by atoms with Crippen LogP contribution < -0.4 is 0 Å². The fourth-order valence-electron chi connectivity index (χ4n) is 1.62. The standard InChI is InChI=1S/C9H7NO2/c1-10-8-6(2-4-11-8)7-3-5-12-9(7)10/h2-5H,1H3. The van der Waals surface area contributed by atoms with Gasteiger partial charge in [-0.2, -0.15) is 0 Å². The summed E-state index contributed by atoms with van der Waals surface area (Å²) < 4.78 is 12.5. The molecule has 0 atom stereocenters. The molecule has 0 saturated carbocycles. The minimum Gasteiger partial charge on any atom is -0.448 e. The predicted molar refractivity (Wildman–Crippen MR) is 45.0 cm³/mol. The minimum atomic E-state index is 0.865. The Balaban J connectivity index is 2.76. The minimum absolute atomic E-state index is 0.865. The molecule has 3 rings (SSSR count). The fourth-order valence-corrected chi connectivity index (χ4v) is 1.62. The molecule has 12 heavy (non-hydrogen) atoms. The van der Waals surface area contributed by atoms with Crippen LogP contribution in [-0.2, 0) is 7.05 Å². The van der Waals surface area contributed by atoms with Crippen LogP contribution in [-0.4, -0.2) is 4.57 Å². The van der Waals surface area contributed by atoms with Crippen molar-refractivity contribution in [2.45, 2.75) is 0 Å². The number of rotatable bonds is 0. The lowest BCUT2D eigenvalue weighted by atomic mass is 10.3. The van der Waals surface area contributed by atoms with E-state index in [1.807, 2.05) is 23.7 Å². The first-order valence-electron chi connectivity index (χ1n) is 3.77. The third kappa shape index (κ3) is 0.491. The second-order valence-electron chi connectivity index (χ2n) is 2.84. The van der Waals surface area contributed by atoms with E-state index in [4.69, 9.17) is 8.83 Å². The zero-order valence-electron chi connectivity index (χ0n) is 6.57. The summed E-state index contributed by atoms with van der Waals surface area (Å²) in [5.41, 5.74) is 1.73. The number of furan rings is 2. The first-order valence-corrected chi connectivity index (χ1v) is 3.77. The summed E-state index contributed by atoms with van der Waals surface area (Å²) in [7, 11) is 1.93. The van der Waals surface area contributed by atoms with Gasteiger partial charge in [-0.05, 0) is 12.1 Å². The van der Waals surface area contributed by atoms with Crippen LogP contribution in [0, 0.1) is 0 Å². The van der Waals surface area contributed by atoms with Gasteiger partial charge in [0.2, 0.25) is 11.4 Å². The molecule has 0 aliphatic heterocycles. The van der Waals surface area contributed by atoms with Crippen molar-refractivity contribution in [3.05, 3.63) is 24.7 Å². The Morgan fingerprint density at radius 2 is 1.50 bits per heavy atom. The Bertz CT molecular complexity index is 493. The van der Waals surface area contributed by atoms with E-state index in [2.05, 4.69) is 0 Å². The highest BCUT2D eigenvalue weighted by Gasteiger charge is 2.11. The Hall–Kier alpha value is -1.64. The van der Waals surface area contributed by atoms with Gasteiger partial charge < -0.3 is 8.83 Å². The van der Waals surface area contributed by atoms with E-state index in [-0.39, 0.29) is 0 Å². The molecule has 0 bridgehead atoms. The molecular formula is C9H7NO2. The highest BCUT2D eigenvalue weighted by atomic mass is 16.4. The molecule has 3 heteroatoms. The molecule has 0 amide bonds. The molecule has 3 heterocycles. The maximum absolute atomic E-state index is 5.29. The molecule has 0 spiro atoms. The highest BCUT2D eigenvalue weighted by molar-refractivity contribution is 6.03. The largest absolute Gasteiger partial charge is 0.448 e. The fraction of sp³-hybridized carbons (Fsp3) is 0.111. The van der Waals surface area contributed by atoms with Crippen LogP contribution in [0.15, 0.2) is 33.5 Å². The van der Waals surface area contributed by atoms with Gasteiger partial charge in [-0.1, -0.05) is 0 Å². The molecule has 3 nitrogen and oxygen atoms in total. The summed E-state index contributed by atoms with van der Waals surface area (Å²) >= 11 is 0. The van der Waals surface area contributed by atoms with E-state index in [1.165, 1.54) is 0 Å². The van der Waals surface area contributed by atoms with Crippen LogP contribution in [0.4, 0.5) is 0 Å². The van der Waals surface area contributed by atoms with Gasteiger partial charge >= 0.3 is 0 Å². The van der Waals surface area contributed by atoms with Crippen molar-refractivity contribution in [2.75, 3.05) is 0 Å². The highest BCUT2D eigenvalue weighted by Crippen LogP contribution is 2.28. The van der Waals surface area contributed by atoms with Crippen LogP contribution in [0.3, 0.4) is 0 Å². The lowest BCUT2D eigenvalue weighted by Gasteiger charge is -1.88. The Morgan fingerprint density at radius 1 is 1.00 bits per heavy atom. The Labute approximate surface area is 68.2 Å². The van der Waals surface area contributed by atoms with Gasteiger partial charge in [-0.15, -0.1) is 0 Å². The first kappa shape index (κ1) is 5.94. The first-order chi connectivity index (χ1) is 5.88. The number of aryl methyl sites for hydroxylation is 1. The zero-order valence-corrected chi connectivity index (χ0v) is 6.57. The van der Waals surface area contributed by atoms with Crippen LogP contribution in [0.1, 0.15) is 0 Å². The van der Waals surface area contributed by atoms with Gasteiger partial charge in [0.15, 0.2) is 0 Å². The summed E-state index contributed by atoms with van der Waals surface area (Å²) in [5.74, 6) is 0. The van der Waals surface area contributed by atoms with Crippen LogP contribution in [0.5, 0.6) is 0 Å². The molecule has 3 aromatic heterocycles. The number of hydrogen-bond acceptors (Lipinski definition) is 2. The monoisotopic (exact) mass is 161 g/mol. The molecule has 0 aliphatic carbocycles. The zero-order chi connectivity index (χ0) is 8.13. The van der Waals surface area contributed by atoms with E-state index >= 15 is 0 Å². The van der Waals surface area contributed by atoms with E-state index in [0.717, 1.165) is 22.2 Å². The average molecular weight is 161 g/mol. The van der Waals surface area contributed by atoms with Crippen molar-refractivity contribution in [1.82, 2.24) is 4.57 Å². The summed E-state index contributed by atoms with van der Waals surface area (Å²) in [5, 5.41) is 2.22. The van der Waals surface area contributed by atoms with E-state index < -0.39 is 0 Å². The molecule has 0 aromatic carbocycles. The molecule has 0 saturated heterocycles. The predicted octanol–water partition coefficient (Wildman–Crippen LogP) is 2.52. The molecule has 0 radical (unpaired) electrons. The molecular weight excluding hydrogens is 154 g/mol. The van der Waals surface area contributed by atoms with Crippen molar-refractivity contribution in [3.8, 4) is 0 Å². The third-order valence-corrected chi connectivity index (χ3v) is 2.19. The molecule has 0 unspecified atom stereocenters. The van der Waals surface area contributed by atoms with E-state index in [0.29, 0.717) is 0 Å². The van der Waals surface area contributed by atoms with Crippen LogP contribution in [0.2, 0.25) is 0 Å². The summed E-state index contributed by atoms with van der Waals surface area (Å²) in [6.45, 7) is 0. The van der Waals surface area contributed by atoms with Crippen molar-refractivity contribution < 1.29 is 8.83 Å². The smallest absolute Gasteiger partial charge is 0.209 e. The lowest BCUT2D eigenvalue weighted by molar-refractivity contribution is 0.555. The van der Waals surface area contributed by atoms with Gasteiger partial charge in [-0.25, -0.2) is 0 Å². The summed E-state index contributed by atoms with van der Waals surface area (Å²) in [6, 6.07) is 3.90. The van der Waals surface area contributed by atoms with Crippen LogP contribution >= 0.6 is 0 Å². The van der Waals surface area contributed by atoms with Gasteiger partial charge in [-0.3, -0.25) is 4.57 Å². The molecule has 0 N–H and O–H groups in total. The average Bonchev–Trinajstić information content (AvgIpc) is 2.72. The van der Waals surface area contributed by atoms with Crippen molar-refractivity contribution in [3.63, 3.8) is 0 Å². The number of hydrogen-bond donors (Lipinski definition) is 0. The molecule has 0 aliphatic rings. The van der Waals surface area contributed by atoms with Gasteiger partial charge in [0.05, 0.1) is 23.3 Å². The SMILES string of the molecule is Cn1c2occc2c2ccoc21. The van der Waals surface area contributed by atoms with Gasteiger partial charge in [0.25, 0.3) is 0 Å². The van der Waals surface area contributed by atoms with Gasteiger partial charge in [0.1, 0.15) is 0 Å². The normalized spacial score (nSPS) is 11.8. The maximum Gasteiger partial charge on any atom is 0.209 e. The maximum atomic E-state index is 5.29. The summed E-state index contributed by atoms with van der Waals surface area (Å²) in [4.78, 5) is 0. The quantitative estimate of drug-likeness (QED) is 0.507. The van der Waals surface area contributed by atoms with Gasteiger partial charge in [0, 0.05) is 7.05 Å². The second kappa shape index (κ2) is 1.75. The lowest BCUT2D eigenvalue weighted by Crippen LogP contribution is -1.82. The Morgan fingerprint density at radius 3 is 2.00 bits per heavy atom. The van der Waals surface area contributed by atoms with E-state index in [1.54, 1.807) is 12.5 Å². The number of nitrogens with zero attached hydrogens (tertiary/aromatic N) is 1. The second-order valence-corrected chi connectivity index (χ2v) is 2.84. The molecule has 0 fully saturated rings. The van der Waals surface area contributed by atoms with Crippen LogP contribution in [0.25, 0.3) is 22.2 Å².